The van der Waals surface area contributed by atoms with Gasteiger partial charge in [0.05, 0.1) is 6.61 Å². The molecule has 6 N–H and O–H groups in total. The number of allylic oxidation sites excluding steroid dienone is 14. The highest BCUT2D eigenvalue weighted by atomic mass is 31.2. The Morgan fingerprint density at radius 3 is 1.33 bits per heavy atom. The number of phosphoric acid groups is 1. The monoisotopic (exact) mass is 881 g/mol. The summed E-state index contributed by atoms with van der Waals surface area (Å²) in [6.07, 6.45) is 33.6. The maximum atomic E-state index is 12.8. The first-order valence-electron chi connectivity index (χ1n) is 22.4. The van der Waals surface area contributed by atoms with E-state index in [0.29, 0.717) is 19.3 Å². The minimum absolute atomic E-state index is 0.00774. The van der Waals surface area contributed by atoms with E-state index in [-0.39, 0.29) is 12.8 Å². The Bertz CT molecular complexity index is 1390. The van der Waals surface area contributed by atoms with Gasteiger partial charge in [-0.05, 0) is 89.9 Å². The van der Waals surface area contributed by atoms with Crippen LogP contribution in [0.15, 0.2) is 85.1 Å². The van der Waals surface area contributed by atoms with Crippen molar-refractivity contribution in [1.29, 1.82) is 0 Å². The summed E-state index contributed by atoms with van der Waals surface area (Å²) >= 11 is 0. The minimum atomic E-state index is -5.15. The van der Waals surface area contributed by atoms with Crippen LogP contribution >= 0.6 is 7.82 Å². The average Bonchev–Trinajstić information content (AvgIpc) is 3.24. The van der Waals surface area contributed by atoms with Gasteiger partial charge in [0, 0.05) is 12.8 Å². The molecule has 0 aromatic carbocycles. The van der Waals surface area contributed by atoms with Gasteiger partial charge in [-0.25, -0.2) is 4.57 Å². The van der Waals surface area contributed by atoms with Crippen molar-refractivity contribution < 1.29 is 63.1 Å². The van der Waals surface area contributed by atoms with E-state index in [0.717, 1.165) is 57.8 Å². The fraction of sp³-hybridized carbons (Fsp3) is 0.660. The maximum absolute atomic E-state index is 12.8. The summed E-state index contributed by atoms with van der Waals surface area (Å²) < 4.78 is 33.4. The van der Waals surface area contributed by atoms with Crippen LogP contribution in [0.25, 0.3) is 0 Å². The lowest BCUT2D eigenvalue weighted by Gasteiger charge is -2.41. The number of unbranched alkanes of at least 4 members (excludes halogenated alkanes) is 9. The first-order valence-corrected chi connectivity index (χ1v) is 23.9. The van der Waals surface area contributed by atoms with Gasteiger partial charge in [0.1, 0.15) is 43.2 Å². The summed E-state index contributed by atoms with van der Waals surface area (Å²) in [5.41, 5.74) is 0. The predicted molar refractivity (Wildman–Crippen MR) is 239 cm³/mol. The number of hydrogen-bond donors (Lipinski definition) is 6. The van der Waals surface area contributed by atoms with Crippen molar-refractivity contribution in [1.82, 2.24) is 0 Å². The molecule has 1 rings (SSSR count). The van der Waals surface area contributed by atoms with Crippen molar-refractivity contribution in [2.24, 2.45) is 0 Å². The van der Waals surface area contributed by atoms with Gasteiger partial charge in [-0.15, -0.1) is 0 Å². The van der Waals surface area contributed by atoms with E-state index < -0.39 is 75.7 Å². The van der Waals surface area contributed by atoms with E-state index in [1.165, 1.54) is 38.5 Å². The summed E-state index contributed by atoms with van der Waals surface area (Å²) in [6, 6.07) is 0. The summed E-state index contributed by atoms with van der Waals surface area (Å²) in [6.45, 7) is 3.14. The van der Waals surface area contributed by atoms with E-state index >= 15 is 0 Å². The van der Waals surface area contributed by atoms with E-state index in [1.54, 1.807) is 0 Å². The highest BCUT2D eigenvalue weighted by Crippen LogP contribution is 2.47. The van der Waals surface area contributed by atoms with Crippen molar-refractivity contribution in [3.8, 4) is 0 Å². The Labute approximate surface area is 365 Å². The first-order chi connectivity index (χ1) is 29.4. The molecule has 1 aliphatic carbocycles. The van der Waals surface area contributed by atoms with Crippen LogP contribution in [0.3, 0.4) is 0 Å². The minimum Gasteiger partial charge on any atom is -0.462 e. The molecule has 0 radical (unpaired) electrons. The van der Waals surface area contributed by atoms with Crippen LogP contribution in [0.5, 0.6) is 0 Å². The number of esters is 2. The average molecular weight is 881 g/mol. The third-order valence-electron chi connectivity index (χ3n) is 9.71. The van der Waals surface area contributed by atoms with E-state index in [4.69, 9.17) is 18.5 Å². The van der Waals surface area contributed by atoms with Crippen LogP contribution in [0.2, 0.25) is 0 Å². The van der Waals surface area contributed by atoms with Gasteiger partial charge in [-0.3, -0.25) is 18.6 Å². The molecule has 1 fully saturated rings. The van der Waals surface area contributed by atoms with E-state index in [2.05, 4.69) is 86.8 Å². The molecule has 14 heteroatoms. The van der Waals surface area contributed by atoms with Crippen molar-refractivity contribution in [2.75, 3.05) is 13.2 Å². The number of hydrogen-bond acceptors (Lipinski definition) is 12. The smallest absolute Gasteiger partial charge is 0.462 e. The summed E-state index contributed by atoms with van der Waals surface area (Å²) in [7, 11) is -5.15. The molecule has 1 aliphatic rings. The Kier molecular flexibility index (Phi) is 33.5. The number of aliphatic hydroxyl groups is 5. The molecule has 0 aromatic heterocycles. The lowest BCUT2D eigenvalue weighted by Crippen LogP contribution is -2.64. The van der Waals surface area contributed by atoms with Crippen LogP contribution in [-0.4, -0.2) is 98.3 Å². The summed E-state index contributed by atoms with van der Waals surface area (Å²) in [4.78, 5) is 35.6. The van der Waals surface area contributed by atoms with Crippen molar-refractivity contribution in [3.63, 3.8) is 0 Å². The highest BCUT2D eigenvalue weighted by Gasteiger charge is 2.51. The Balaban J connectivity index is 2.56. The molecule has 13 nitrogen and oxygen atoms in total. The molecule has 0 heterocycles. The number of phosphoric ester groups is 1. The number of aliphatic hydroxyl groups excluding tert-OH is 5. The molecule has 0 amide bonds. The van der Waals surface area contributed by atoms with Gasteiger partial charge in [-0.1, -0.05) is 125 Å². The zero-order valence-electron chi connectivity index (χ0n) is 36.7. The second-order valence-electron chi connectivity index (χ2n) is 15.2. The Morgan fingerprint density at radius 2 is 0.885 bits per heavy atom. The normalized spacial score (nSPS) is 22.8. The van der Waals surface area contributed by atoms with E-state index in [9.17, 15) is 44.6 Å². The number of rotatable bonds is 35. The van der Waals surface area contributed by atoms with Gasteiger partial charge in [-0.2, -0.15) is 0 Å². The molecule has 0 saturated heterocycles. The van der Waals surface area contributed by atoms with Gasteiger partial charge < -0.3 is 39.9 Å². The van der Waals surface area contributed by atoms with Crippen LogP contribution in [0.1, 0.15) is 142 Å². The lowest BCUT2D eigenvalue weighted by molar-refractivity contribution is -0.220. The maximum Gasteiger partial charge on any atom is 0.472 e. The molecule has 1 saturated carbocycles. The molecule has 61 heavy (non-hydrogen) atoms. The third-order valence-corrected chi connectivity index (χ3v) is 10.7. The Hall–Kier alpha value is -2.97. The molecule has 8 atom stereocenters. The molecule has 0 aromatic rings. The fourth-order valence-corrected chi connectivity index (χ4v) is 7.02. The molecule has 0 bridgehead atoms. The van der Waals surface area contributed by atoms with Crippen molar-refractivity contribution in [2.45, 2.75) is 185 Å². The number of carbonyl (C=O) groups excluding carboxylic acids is 2. The van der Waals surface area contributed by atoms with Crippen LogP contribution < -0.4 is 0 Å². The third kappa shape index (κ3) is 29.1. The second-order valence-corrected chi connectivity index (χ2v) is 16.6. The molecule has 6 unspecified atom stereocenters. The van der Waals surface area contributed by atoms with Crippen molar-refractivity contribution in [3.05, 3.63) is 85.1 Å². The molecule has 348 valence electrons. The second kappa shape index (κ2) is 36.5. The molecular formula is C47H77O13P. The molecular weight excluding hydrogens is 803 g/mol. The quantitative estimate of drug-likeness (QED) is 0.0153. The Morgan fingerprint density at radius 1 is 0.508 bits per heavy atom. The van der Waals surface area contributed by atoms with Gasteiger partial charge in [0.2, 0.25) is 0 Å². The highest BCUT2D eigenvalue weighted by molar-refractivity contribution is 7.47. The largest absolute Gasteiger partial charge is 0.472 e. The number of carbonyl (C=O) groups is 2. The molecule has 0 spiro atoms. The zero-order valence-corrected chi connectivity index (χ0v) is 37.6. The summed E-state index contributed by atoms with van der Waals surface area (Å²) in [5, 5.41) is 50.1. The van der Waals surface area contributed by atoms with Gasteiger partial charge in [0.15, 0.2) is 6.10 Å². The van der Waals surface area contributed by atoms with Gasteiger partial charge >= 0.3 is 19.8 Å². The standard InChI is InChI=1S/C47H77O13P/c1-3-5-7-9-11-13-15-17-19-20-22-24-26-28-30-32-34-36-41(49)59-39(38-58-61(55,56)60-47-45(53)43(51)42(50)44(52)46(47)54)37-57-40(48)35-33-31-29-27-25-23-21-18-16-14-12-10-8-6-4-2/h11-14,17-19,21-22,24-25,27-28,30,39,42-47,50-54H,3-10,15-16,20,23,26,29,31-38H2,1-2H3,(H,55,56)/b13-11-,14-12-,19-17-,21-18-,24-22-,27-25-,30-28-/t39-,42?,43-,44?,45?,46?,47?/m1/s1. The van der Waals surface area contributed by atoms with Crippen molar-refractivity contribution >= 4 is 19.8 Å². The predicted octanol–water partition coefficient (Wildman–Crippen LogP) is 8.50. The SMILES string of the molecule is CCCCC/C=C\C/C=C\C/C=C\C/C=C\CCCC(=O)O[C@H](COC(=O)CCCC/C=C\C/C=C\C/C=C\CCCCC)COP(=O)(O)OC1C(O)C(O)C(O)[C@@H](O)C1O. The van der Waals surface area contributed by atoms with Gasteiger partial charge in [0.25, 0.3) is 0 Å². The van der Waals surface area contributed by atoms with Crippen LogP contribution in [0, 0.1) is 0 Å². The van der Waals surface area contributed by atoms with Crippen LogP contribution in [-0.2, 0) is 32.7 Å². The van der Waals surface area contributed by atoms with E-state index in [1.807, 2.05) is 12.2 Å². The topological polar surface area (TPSA) is 210 Å². The fourth-order valence-electron chi connectivity index (χ4n) is 6.05. The number of ether oxygens (including phenoxy) is 2. The first kappa shape index (κ1) is 56.0. The summed E-state index contributed by atoms with van der Waals surface area (Å²) in [5.74, 6) is -1.22. The lowest BCUT2D eigenvalue weighted by atomic mass is 9.85. The zero-order chi connectivity index (χ0) is 45.0. The molecule has 0 aliphatic heterocycles. The van der Waals surface area contributed by atoms with Crippen LogP contribution in [0.4, 0.5) is 0 Å².